The molecule has 2 N–H and O–H groups in total. The SMILES string of the molecule is Cc1cccc(C(C)C(=O)Nc2ccc(C3CC3)c(-c3ccc4nc(Nc5cnn(C6CC6)c5)ncc4c3)c2)c1. The van der Waals surface area contributed by atoms with Crippen molar-refractivity contribution < 1.29 is 4.79 Å². The van der Waals surface area contributed by atoms with Crippen LogP contribution in [-0.4, -0.2) is 25.7 Å². The van der Waals surface area contributed by atoms with Crippen molar-refractivity contribution in [3.63, 3.8) is 0 Å². The van der Waals surface area contributed by atoms with Crippen molar-refractivity contribution in [2.75, 3.05) is 10.6 Å². The normalized spacial score (nSPS) is 15.7. The molecule has 1 amide bonds. The molecule has 3 aromatic carbocycles. The molecule has 2 aromatic heterocycles. The largest absolute Gasteiger partial charge is 0.326 e. The van der Waals surface area contributed by atoms with Crippen LogP contribution in [0.2, 0.25) is 0 Å². The summed E-state index contributed by atoms with van der Waals surface area (Å²) in [6.07, 6.45) is 10.5. The van der Waals surface area contributed by atoms with Crippen molar-refractivity contribution in [3.8, 4) is 11.1 Å². The predicted octanol–water partition coefficient (Wildman–Crippen LogP) is 7.50. The molecule has 2 aliphatic rings. The number of aromatic nitrogens is 4. The standard InChI is InChI=1S/C33H32N6O/c1-20-4-3-5-23(14-20)21(2)32(40)36-26-9-12-29(22-6-7-22)30(16-26)24-8-13-31-25(15-24)17-34-33(38-31)37-27-18-35-39(19-27)28-10-11-28/h3-5,8-9,12-19,21-22,28H,6-7,10-11H2,1-2H3,(H,36,40)(H,34,37,38). The summed E-state index contributed by atoms with van der Waals surface area (Å²) in [7, 11) is 0. The lowest BCUT2D eigenvalue weighted by Gasteiger charge is -2.16. The number of carbonyl (C=O) groups is 1. The topological polar surface area (TPSA) is 84.7 Å². The van der Waals surface area contributed by atoms with Gasteiger partial charge in [0.15, 0.2) is 0 Å². The summed E-state index contributed by atoms with van der Waals surface area (Å²) < 4.78 is 2.01. The van der Waals surface area contributed by atoms with E-state index in [9.17, 15) is 4.79 Å². The molecule has 0 saturated heterocycles. The first-order valence-electron chi connectivity index (χ1n) is 14.1. The third-order valence-electron chi connectivity index (χ3n) is 7.94. The fraction of sp³-hybridized carbons (Fsp3) is 0.273. The van der Waals surface area contributed by atoms with Crippen LogP contribution in [0.1, 0.15) is 67.2 Å². The summed E-state index contributed by atoms with van der Waals surface area (Å²) in [6, 6.07) is 21.3. The molecule has 200 valence electrons. The first-order valence-corrected chi connectivity index (χ1v) is 14.1. The van der Waals surface area contributed by atoms with Crippen molar-refractivity contribution in [3.05, 3.63) is 95.9 Å². The fourth-order valence-corrected chi connectivity index (χ4v) is 5.31. The number of anilines is 3. The monoisotopic (exact) mass is 528 g/mol. The highest BCUT2D eigenvalue weighted by Crippen LogP contribution is 2.45. The van der Waals surface area contributed by atoms with Crippen molar-refractivity contribution in [2.45, 2.75) is 57.4 Å². The second kappa shape index (κ2) is 9.90. The van der Waals surface area contributed by atoms with E-state index in [1.165, 1.54) is 31.2 Å². The van der Waals surface area contributed by atoms with Gasteiger partial charge >= 0.3 is 0 Å². The third kappa shape index (κ3) is 5.07. The molecule has 2 fully saturated rings. The summed E-state index contributed by atoms with van der Waals surface area (Å²) in [4.78, 5) is 22.5. The molecule has 5 aromatic rings. The van der Waals surface area contributed by atoms with Gasteiger partial charge in [-0.15, -0.1) is 0 Å². The molecular formula is C33H32N6O. The second-order valence-electron chi connectivity index (χ2n) is 11.2. The predicted molar refractivity (Wildman–Crippen MR) is 159 cm³/mol. The van der Waals surface area contributed by atoms with E-state index >= 15 is 0 Å². The van der Waals surface area contributed by atoms with Crippen molar-refractivity contribution >= 4 is 34.1 Å². The molecule has 1 unspecified atom stereocenters. The number of amides is 1. The van der Waals surface area contributed by atoms with Gasteiger partial charge in [-0.05, 0) is 92.0 Å². The summed E-state index contributed by atoms with van der Waals surface area (Å²) in [5.74, 6) is 0.878. The van der Waals surface area contributed by atoms with E-state index in [0.29, 0.717) is 17.9 Å². The Hall–Kier alpha value is -4.52. The van der Waals surface area contributed by atoms with E-state index in [0.717, 1.165) is 44.5 Å². The molecule has 2 saturated carbocycles. The highest BCUT2D eigenvalue weighted by molar-refractivity contribution is 5.96. The minimum Gasteiger partial charge on any atom is -0.326 e. The number of carbonyl (C=O) groups excluding carboxylic acids is 1. The Balaban J connectivity index is 1.14. The zero-order chi connectivity index (χ0) is 27.2. The van der Waals surface area contributed by atoms with Crippen LogP contribution in [0.15, 0.2) is 79.3 Å². The zero-order valence-electron chi connectivity index (χ0n) is 22.8. The third-order valence-corrected chi connectivity index (χ3v) is 7.94. The molecule has 2 aliphatic carbocycles. The minimum atomic E-state index is -0.241. The van der Waals surface area contributed by atoms with Crippen LogP contribution in [0, 0.1) is 6.92 Å². The molecule has 1 atom stereocenters. The van der Waals surface area contributed by atoms with E-state index in [1.54, 1.807) is 0 Å². The van der Waals surface area contributed by atoms with E-state index in [2.05, 4.69) is 51.0 Å². The molecule has 7 heteroatoms. The van der Waals surface area contributed by atoms with Gasteiger partial charge in [0.05, 0.1) is 29.4 Å². The second-order valence-corrected chi connectivity index (χ2v) is 11.2. The molecule has 7 rings (SSSR count). The molecule has 7 nitrogen and oxygen atoms in total. The Labute approximate surface area is 233 Å². The van der Waals surface area contributed by atoms with E-state index < -0.39 is 0 Å². The summed E-state index contributed by atoms with van der Waals surface area (Å²) in [6.45, 7) is 4.00. The molecule has 0 spiro atoms. The molecule has 0 aliphatic heterocycles. The number of hydrogen-bond acceptors (Lipinski definition) is 5. The van der Waals surface area contributed by atoms with Gasteiger partial charge in [-0.1, -0.05) is 42.0 Å². The smallest absolute Gasteiger partial charge is 0.231 e. The maximum atomic E-state index is 13.1. The lowest BCUT2D eigenvalue weighted by Crippen LogP contribution is -2.19. The lowest BCUT2D eigenvalue weighted by atomic mass is 9.94. The number of nitrogens with one attached hydrogen (secondary N) is 2. The van der Waals surface area contributed by atoms with Crippen LogP contribution >= 0.6 is 0 Å². The Morgan fingerprint density at radius 2 is 1.85 bits per heavy atom. The number of rotatable bonds is 8. The quantitative estimate of drug-likeness (QED) is 0.218. The van der Waals surface area contributed by atoms with Crippen LogP contribution in [-0.2, 0) is 4.79 Å². The van der Waals surface area contributed by atoms with E-state index in [1.807, 2.05) is 67.5 Å². The first-order chi connectivity index (χ1) is 19.5. The first kappa shape index (κ1) is 24.5. The minimum absolute atomic E-state index is 0.00895. The average Bonchev–Trinajstić information content (AvgIpc) is 3.91. The summed E-state index contributed by atoms with van der Waals surface area (Å²) >= 11 is 0. The van der Waals surface area contributed by atoms with Crippen molar-refractivity contribution in [2.24, 2.45) is 0 Å². The number of fused-ring (bicyclic) bond motifs is 1. The van der Waals surface area contributed by atoms with Gasteiger partial charge in [0.2, 0.25) is 11.9 Å². The Bertz CT molecular complexity index is 1730. The summed E-state index contributed by atoms with van der Waals surface area (Å²) in [5, 5.41) is 11.8. The summed E-state index contributed by atoms with van der Waals surface area (Å²) in [5.41, 5.74) is 8.34. The van der Waals surface area contributed by atoms with E-state index in [4.69, 9.17) is 4.98 Å². The van der Waals surface area contributed by atoms with Gasteiger partial charge in [0.25, 0.3) is 0 Å². The lowest BCUT2D eigenvalue weighted by molar-refractivity contribution is -0.117. The molecule has 2 heterocycles. The van der Waals surface area contributed by atoms with Gasteiger partial charge < -0.3 is 10.6 Å². The van der Waals surface area contributed by atoms with Gasteiger partial charge in [0.1, 0.15) is 0 Å². The average molecular weight is 529 g/mol. The Morgan fingerprint density at radius 1 is 0.975 bits per heavy atom. The van der Waals surface area contributed by atoms with Crippen LogP contribution in [0.4, 0.5) is 17.3 Å². The van der Waals surface area contributed by atoms with Crippen molar-refractivity contribution in [1.82, 2.24) is 19.7 Å². The highest BCUT2D eigenvalue weighted by atomic mass is 16.1. The molecule has 0 bridgehead atoms. The Kier molecular flexibility index (Phi) is 6.07. The molecular weight excluding hydrogens is 496 g/mol. The zero-order valence-corrected chi connectivity index (χ0v) is 22.8. The molecule has 0 radical (unpaired) electrons. The van der Waals surface area contributed by atoms with Gasteiger partial charge in [0, 0.05) is 23.5 Å². The fourth-order valence-electron chi connectivity index (χ4n) is 5.31. The maximum absolute atomic E-state index is 13.1. The number of nitrogens with zero attached hydrogens (tertiary/aromatic N) is 4. The van der Waals surface area contributed by atoms with Crippen LogP contribution < -0.4 is 10.6 Å². The van der Waals surface area contributed by atoms with Gasteiger partial charge in [-0.2, -0.15) is 5.10 Å². The number of benzene rings is 3. The highest BCUT2D eigenvalue weighted by Gasteiger charge is 2.27. The van der Waals surface area contributed by atoms with Crippen LogP contribution in [0.25, 0.3) is 22.0 Å². The molecule has 40 heavy (non-hydrogen) atoms. The van der Waals surface area contributed by atoms with Gasteiger partial charge in [-0.3, -0.25) is 9.48 Å². The maximum Gasteiger partial charge on any atom is 0.231 e. The number of aryl methyl sites for hydroxylation is 1. The van der Waals surface area contributed by atoms with Crippen LogP contribution in [0.3, 0.4) is 0 Å². The number of hydrogen-bond donors (Lipinski definition) is 2. The Morgan fingerprint density at radius 3 is 2.65 bits per heavy atom. The van der Waals surface area contributed by atoms with E-state index in [-0.39, 0.29) is 11.8 Å². The van der Waals surface area contributed by atoms with Crippen LogP contribution in [0.5, 0.6) is 0 Å². The van der Waals surface area contributed by atoms with Gasteiger partial charge in [-0.25, -0.2) is 9.97 Å². The van der Waals surface area contributed by atoms with Crippen molar-refractivity contribution in [1.29, 1.82) is 0 Å².